The number of carbonyl (C=O) groups is 1. The second-order valence-electron chi connectivity index (χ2n) is 9.48. The lowest BCUT2D eigenvalue weighted by Gasteiger charge is -2.44. The highest BCUT2D eigenvalue weighted by Gasteiger charge is 2.55. The Bertz CT molecular complexity index is 906. The molecule has 0 N–H and O–H groups in total. The van der Waals surface area contributed by atoms with Crippen LogP contribution >= 0.6 is 0 Å². The van der Waals surface area contributed by atoms with E-state index in [-0.39, 0.29) is 28.2 Å². The van der Waals surface area contributed by atoms with Crippen LogP contribution in [-0.2, 0) is 15.7 Å². The van der Waals surface area contributed by atoms with Gasteiger partial charge in [0.05, 0.1) is 23.8 Å². The number of carbonyl (C=O) groups excluding carboxylic acids is 1. The molecular weight excluding hydrogens is 407 g/mol. The molecule has 2 atom stereocenters. The van der Waals surface area contributed by atoms with Crippen LogP contribution in [0.5, 0.6) is 0 Å². The molecule has 4 rings (SSSR count). The van der Waals surface area contributed by atoms with Crippen molar-refractivity contribution in [1.82, 2.24) is 4.90 Å². The summed E-state index contributed by atoms with van der Waals surface area (Å²) in [5.74, 6) is 0.325. The van der Waals surface area contributed by atoms with Crippen molar-refractivity contribution in [2.75, 3.05) is 44.3 Å². The molecule has 8 heteroatoms. The molecule has 3 fully saturated rings. The zero-order valence-corrected chi connectivity index (χ0v) is 18.0. The maximum atomic E-state index is 13.4. The van der Waals surface area contributed by atoms with Gasteiger partial charge in [0.25, 0.3) is 0 Å². The van der Waals surface area contributed by atoms with Gasteiger partial charge < -0.3 is 14.5 Å². The first-order chi connectivity index (χ1) is 14.6. The van der Waals surface area contributed by atoms with Gasteiger partial charge in [0.15, 0.2) is 0 Å². The van der Waals surface area contributed by atoms with Gasteiger partial charge in [-0.15, -0.1) is 0 Å². The second-order valence-corrected chi connectivity index (χ2v) is 9.48. The lowest BCUT2D eigenvalue weighted by atomic mass is 9.73. The van der Waals surface area contributed by atoms with Gasteiger partial charge in [-0.3, -0.25) is 4.79 Å². The van der Waals surface area contributed by atoms with E-state index in [1.165, 1.54) is 6.07 Å². The number of piperidine rings is 1. The molecule has 1 saturated carbocycles. The fourth-order valence-corrected chi connectivity index (χ4v) is 5.06. The van der Waals surface area contributed by atoms with E-state index < -0.39 is 11.7 Å². The number of hydrogen-bond acceptors (Lipinski definition) is 4. The van der Waals surface area contributed by atoms with Crippen LogP contribution in [0, 0.1) is 28.1 Å². The molecule has 0 aromatic heterocycles. The molecule has 1 aromatic rings. The Kier molecular flexibility index (Phi) is 5.45. The molecule has 2 saturated heterocycles. The zero-order valence-electron chi connectivity index (χ0n) is 18.0. The monoisotopic (exact) mass is 435 g/mol. The molecule has 0 radical (unpaired) electrons. The first-order valence-corrected chi connectivity index (χ1v) is 10.9. The smallest absolute Gasteiger partial charge is 0.381 e. The van der Waals surface area contributed by atoms with Crippen LogP contribution in [0.4, 0.5) is 18.9 Å². The van der Waals surface area contributed by atoms with E-state index >= 15 is 0 Å². The molecule has 3 aliphatic rings. The number of anilines is 1. The van der Waals surface area contributed by atoms with Crippen LogP contribution in [0.2, 0.25) is 0 Å². The van der Waals surface area contributed by atoms with E-state index in [0.717, 1.165) is 25.3 Å². The van der Waals surface area contributed by atoms with Crippen molar-refractivity contribution in [3.05, 3.63) is 29.3 Å². The molecular formula is C23H28F3N3O2. The van der Waals surface area contributed by atoms with Crippen molar-refractivity contribution in [2.24, 2.45) is 16.7 Å². The van der Waals surface area contributed by atoms with Crippen molar-refractivity contribution < 1.29 is 22.7 Å². The third-order valence-corrected chi connectivity index (χ3v) is 7.32. The summed E-state index contributed by atoms with van der Waals surface area (Å²) >= 11 is 0. The van der Waals surface area contributed by atoms with E-state index in [2.05, 4.69) is 0 Å². The minimum atomic E-state index is -4.58. The third-order valence-electron chi connectivity index (χ3n) is 7.32. The number of nitriles is 1. The number of benzene rings is 1. The van der Waals surface area contributed by atoms with Gasteiger partial charge in [0, 0.05) is 55.2 Å². The predicted octanol–water partition coefficient (Wildman–Crippen LogP) is 4.07. The Balaban J connectivity index is 1.57. The van der Waals surface area contributed by atoms with Crippen LogP contribution in [0.15, 0.2) is 18.2 Å². The van der Waals surface area contributed by atoms with Crippen LogP contribution in [0.1, 0.15) is 44.2 Å². The summed E-state index contributed by atoms with van der Waals surface area (Å²) in [5.41, 5.74) is -1.20. The van der Waals surface area contributed by atoms with Crippen molar-refractivity contribution >= 4 is 11.6 Å². The zero-order chi connectivity index (χ0) is 22.4. The highest BCUT2D eigenvalue weighted by atomic mass is 19.4. The van der Waals surface area contributed by atoms with E-state index in [0.29, 0.717) is 45.1 Å². The van der Waals surface area contributed by atoms with Gasteiger partial charge in [-0.2, -0.15) is 18.4 Å². The molecule has 0 bridgehead atoms. The normalized spacial score (nSPS) is 27.0. The number of alkyl halides is 3. The molecule has 31 heavy (non-hydrogen) atoms. The molecule has 5 nitrogen and oxygen atoms in total. The maximum Gasteiger partial charge on any atom is 0.417 e. The molecule has 1 amide bonds. The van der Waals surface area contributed by atoms with Gasteiger partial charge in [-0.25, -0.2) is 0 Å². The van der Waals surface area contributed by atoms with Crippen molar-refractivity contribution in [3.63, 3.8) is 0 Å². The minimum absolute atomic E-state index is 0.129. The Hall–Kier alpha value is -2.27. The number of fused-ring (bicyclic) bond motifs is 1. The van der Waals surface area contributed by atoms with Gasteiger partial charge in [-0.05, 0) is 44.4 Å². The second kappa shape index (κ2) is 7.70. The summed E-state index contributed by atoms with van der Waals surface area (Å²) in [7, 11) is 0. The number of ether oxygens (including phenoxy) is 1. The molecule has 2 aliphatic heterocycles. The molecule has 2 unspecified atom stereocenters. The van der Waals surface area contributed by atoms with Crippen LogP contribution < -0.4 is 4.90 Å². The Morgan fingerprint density at radius 1 is 1.29 bits per heavy atom. The standard InChI is InChI=1S/C23H28F3N3O2/c1-3-31-15-22-8-9-28(18-5-4-16(11-27)19(10-18)23(24,25)26)12-17(22)13-29(14-22)20(30)21(2)6-7-21/h4-5,10,17H,3,6-9,12-15H2,1-2H3. The fraction of sp³-hybridized carbons (Fsp3) is 0.652. The van der Waals surface area contributed by atoms with Crippen molar-refractivity contribution in [3.8, 4) is 6.07 Å². The van der Waals surface area contributed by atoms with E-state index in [4.69, 9.17) is 10.00 Å². The summed E-state index contributed by atoms with van der Waals surface area (Å²) in [5, 5.41) is 9.06. The Labute approximate surface area is 180 Å². The van der Waals surface area contributed by atoms with E-state index in [1.54, 1.807) is 12.1 Å². The number of nitrogens with zero attached hydrogens (tertiary/aromatic N) is 3. The molecule has 0 spiro atoms. The minimum Gasteiger partial charge on any atom is -0.381 e. The molecule has 168 valence electrons. The van der Waals surface area contributed by atoms with E-state index in [9.17, 15) is 18.0 Å². The first-order valence-electron chi connectivity index (χ1n) is 10.9. The summed E-state index contributed by atoms with van der Waals surface area (Å²) in [6, 6.07) is 5.56. The molecule has 1 aliphatic carbocycles. The maximum absolute atomic E-state index is 13.4. The van der Waals surface area contributed by atoms with Crippen LogP contribution in [-0.4, -0.2) is 50.2 Å². The predicted molar refractivity (Wildman–Crippen MR) is 109 cm³/mol. The Morgan fingerprint density at radius 3 is 2.65 bits per heavy atom. The highest BCUT2D eigenvalue weighted by Crippen LogP contribution is 2.50. The van der Waals surface area contributed by atoms with Crippen LogP contribution in [0.3, 0.4) is 0 Å². The van der Waals surface area contributed by atoms with Crippen LogP contribution in [0.25, 0.3) is 0 Å². The van der Waals surface area contributed by atoms with Gasteiger partial charge >= 0.3 is 6.18 Å². The Morgan fingerprint density at radius 2 is 2.03 bits per heavy atom. The number of amides is 1. The van der Waals surface area contributed by atoms with Crippen molar-refractivity contribution in [1.29, 1.82) is 5.26 Å². The third kappa shape index (κ3) is 4.00. The number of halogens is 3. The SMILES string of the molecule is CCOCC12CCN(c3ccc(C#N)c(C(F)(F)F)c3)CC1CN(C(=O)C1(C)CC1)C2. The van der Waals surface area contributed by atoms with Gasteiger partial charge in [0.1, 0.15) is 0 Å². The summed E-state index contributed by atoms with van der Waals surface area (Å²) in [6.45, 7) is 7.52. The topological polar surface area (TPSA) is 56.6 Å². The van der Waals surface area contributed by atoms with E-state index in [1.807, 2.05) is 23.6 Å². The van der Waals surface area contributed by atoms with Gasteiger partial charge in [0.2, 0.25) is 5.91 Å². The quantitative estimate of drug-likeness (QED) is 0.700. The summed E-state index contributed by atoms with van der Waals surface area (Å²) in [6.07, 6.45) is -1.99. The average molecular weight is 435 g/mol. The number of hydrogen-bond donors (Lipinski definition) is 0. The van der Waals surface area contributed by atoms with Crippen molar-refractivity contribution in [2.45, 2.75) is 39.3 Å². The van der Waals surface area contributed by atoms with Gasteiger partial charge in [-0.1, -0.05) is 6.92 Å². The fourth-order valence-electron chi connectivity index (χ4n) is 5.06. The summed E-state index contributed by atoms with van der Waals surface area (Å²) < 4.78 is 46.1. The lowest BCUT2D eigenvalue weighted by molar-refractivity contribution is -0.138. The molecule has 2 heterocycles. The molecule has 1 aromatic carbocycles. The number of rotatable bonds is 5. The lowest BCUT2D eigenvalue weighted by Crippen LogP contribution is -2.49. The number of likely N-dealkylation sites (tertiary alicyclic amines) is 1. The average Bonchev–Trinajstić information content (AvgIpc) is 3.38. The first kappa shape index (κ1) is 21.9. The summed E-state index contributed by atoms with van der Waals surface area (Å²) in [4.78, 5) is 16.9. The highest BCUT2D eigenvalue weighted by molar-refractivity contribution is 5.85. The largest absolute Gasteiger partial charge is 0.417 e.